The topological polar surface area (TPSA) is 101 Å². The molecule has 0 aliphatic carbocycles. The third-order valence-electron chi connectivity index (χ3n) is 3.75. The van der Waals surface area contributed by atoms with Crippen molar-refractivity contribution in [1.29, 1.82) is 10.5 Å². The molecule has 0 saturated heterocycles. The van der Waals surface area contributed by atoms with Crippen molar-refractivity contribution < 1.29 is 9.53 Å². The van der Waals surface area contributed by atoms with Crippen molar-refractivity contribution in [3.8, 4) is 17.9 Å². The molecule has 2 N–H and O–H groups in total. The van der Waals surface area contributed by atoms with Gasteiger partial charge in [0, 0.05) is 25.4 Å². The summed E-state index contributed by atoms with van der Waals surface area (Å²) in [6.07, 6.45) is 1.24. The van der Waals surface area contributed by atoms with Crippen molar-refractivity contribution in [2.24, 2.45) is 0 Å². The molecule has 1 aromatic rings. The minimum atomic E-state index is -0.285. The second-order valence-corrected chi connectivity index (χ2v) is 5.65. The Morgan fingerprint density at radius 3 is 2.50 bits per heavy atom. The molecule has 0 spiro atoms. The Bertz CT molecular complexity index is 729. The molecule has 0 unspecified atom stereocenters. The average molecular weight is 376 g/mol. The van der Waals surface area contributed by atoms with E-state index in [4.69, 9.17) is 26.9 Å². The van der Waals surface area contributed by atoms with Gasteiger partial charge in [-0.15, -0.1) is 0 Å². The molecule has 0 aliphatic rings. The van der Waals surface area contributed by atoms with Gasteiger partial charge in [0.05, 0.1) is 23.4 Å². The summed E-state index contributed by atoms with van der Waals surface area (Å²) in [5.41, 5.74) is 0.636. The van der Waals surface area contributed by atoms with Gasteiger partial charge in [-0.1, -0.05) is 25.4 Å². The lowest BCUT2D eigenvalue weighted by Crippen LogP contribution is -2.34. The molecule has 1 aromatic carbocycles. The maximum atomic E-state index is 12.4. The van der Waals surface area contributed by atoms with Gasteiger partial charge >= 0.3 is 0 Å². The van der Waals surface area contributed by atoms with Crippen LogP contribution < -0.4 is 15.4 Å². The monoisotopic (exact) mass is 375 g/mol. The lowest BCUT2D eigenvalue weighted by Gasteiger charge is -2.18. The number of nitrogens with one attached hydrogen (secondary N) is 2. The number of rotatable bonds is 9. The highest BCUT2D eigenvalue weighted by molar-refractivity contribution is 6.33. The number of methoxy groups -OCH3 is 1. The molecule has 8 heteroatoms. The van der Waals surface area contributed by atoms with Gasteiger partial charge in [0.15, 0.2) is 0 Å². The maximum Gasteiger partial charge on any atom is 0.255 e. The van der Waals surface area contributed by atoms with E-state index in [1.54, 1.807) is 18.2 Å². The third-order valence-corrected chi connectivity index (χ3v) is 4.07. The molecule has 0 radical (unpaired) electrons. The van der Waals surface area contributed by atoms with Crippen LogP contribution in [0.4, 0.5) is 5.69 Å². The molecule has 0 heterocycles. The van der Waals surface area contributed by atoms with Crippen LogP contribution in [0.5, 0.6) is 5.75 Å². The van der Waals surface area contributed by atoms with Gasteiger partial charge in [0.2, 0.25) is 0 Å². The van der Waals surface area contributed by atoms with Gasteiger partial charge in [0.1, 0.15) is 23.5 Å². The molecule has 0 aliphatic heterocycles. The second-order valence-electron chi connectivity index (χ2n) is 5.24. The van der Waals surface area contributed by atoms with Crippen LogP contribution in [0.25, 0.3) is 0 Å². The number of amides is 1. The highest BCUT2D eigenvalue weighted by Gasteiger charge is 2.16. The van der Waals surface area contributed by atoms with Crippen molar-refractivity contribution in [1.82, 2.24) is 10.2 Å². The first-order valence-electron chi connectivity index (χ1n) is 8.15. The van der Waals surface area contributed by atoms with Gasteiger partial charge in [-0.2, -0.15) is 10.5 Å². The van der Waals surface area contributed by atoms with E-state index < -0.39 is 0 Å². The van der Waals surface area contributed by atoms with Crippen LogP contribution >= 0.6 is 11.6 Å². The number of halogens is 1. The molecular weight excluding hydrogens is 354 g/mol. The minimum absolute atomic E-state index is 0.0988. The van der Waals surface area contributed by atoms with Gasteiger partial charge in [-0.3, -0.25) is 4.79 Å². The van der Waals surface area contributed by atoms with Crippen molar-refractivity contribution in [2.75, 3.05) is 38.6 Å². The van der Waals surface area contributed by atoms with E-state index in [2.05, 4.69) is 29.4 Å². The molecule has 7 nitrogen and oxygen atoms in total. The van der Waals surface area contributed by atoms with Crippen LogP contribution in [0.2, 0.25) is 5.02 Å². The minimum Gasteiger partial charge on any atom is -0.496 e. The SMILES string of the molecule is CCN(CC)CCNC(=O)c1cc(Cl)c(NC=C(C#N)C#N)cc1OC. The molecule has 0 aromatic heterocycles. The first-order chi connectivity index (χ1) is 12.5. The normalized spacial score (nSPS) is 9.81. The van der Waals surface area contributed by atoms with Crippen LogP contribution in [0.1, 0.15) is 24.2 Å². The van der Waals surface area contributed by atoms with E-state index >= 15 is 0 Å². The molecule has 1 amide bonds. The first-order valence-corrected chi connectivity index (χ1v) is 8.53. The van der Waals surface area contributed by atoms with Gasteiger partial charge < -0.3 is 20.3 Å². The van der Waals surface area contributed by atoms with Crippen molar-refractivity contribution in [2.45, 2.75) is 13.8 Å². The number of ether oxygens (including phenoxy) is 1. The van der Waals surface area contributed by atoms with E-state index in [1.165, 1.54) is 19.4 Å². The number of hydrogen-bond donors (Lipinski definition) is 2. The smallest absolute Gasteiger partial charge is 0.255 e. The van der Waals surface area contributed by atoms with E-state index in [1.807, 2.05) is 0 Å². The number of nitriles is 2. The van der Waals surface area contributed by atoms with Crippen molar-refractivity contribution in [3.05, 3.63) is 34.5 Å². The van der Waals surface area contributed by atoms with Gasteiger partial charge in [-0.25, -0.2) is 0 Å². The van der Waals surface area contributed by atoms with Crippen molar-refractivity contribution in [3.63, 3.8) is 0 Å². The fraction of sp³-hybridized carbons (Fsp3) is 0.389. The van der Waals surface area contributed by atoms with Gasteiger partial charge in [0.25, 0.3) is 5.91 Å². The number of likely N-dealkylation sites (N-methyl/N-ethyl adjacent to an activating group) is 1. The fourth-order valence-electron chi connectivity index (χ4n) is 2.21. The zero-order valence-electron chi connectivity index (χ0n) is 15.1. The molecule has 26 heavy (non-hydrogen) atoms. The Morgan fingerprint density at radius 2 is 1.96 bits per heavy atom. The van der Waals surface area contributed by atoms with Gasteiger partial charge in [-0.05, 0) is 19.2 Å². The molecule has 0 bridgehead atoms. The second kappa shape index (κ2) is 11.0. The summed E-state index contributed by atoms with van der Waals surface area (Å²) in [4.78, 5) is 14.6. The number of allylic oxidation sites excluding steroid dienone is 1. The average Bonchev–Trinajstić information content (AvgIpc) is 2.66. The first kappa shape index (κ1) is 21.3. The van der Waals surface area contributed by atoms with E-state index in [0.29, 0.717) is 23.5 Å². The number of hydrogen-bond acceptors (Lipinski definition) is 6. The predicted molar refractivity (Wildman–Crippen MR) is 101 cm³/mol. The number of anilines is 1. The highest BCUT2D eigenvalue weighted by Crippen LogP contribution is 2.31. The van der Waals surface area contributed by atoms with Crippen LogP contribution in [0, 0.1) is 22.7 Å². The number of nitrogens with zero attached hydrogens (tertiary/aromatic N) is 3. The summed E-state index contributed by atoms with van der Waals surface area (Å²) in [5, 5.41) is 23.4. The summed E-state index contributed by atoms with van der Waals surface area (Å²) >= 11 is 6.20. The van der Waals surface area contributed by atoms with Crippen LogP contribution in [-0.2, 0) is 0 Å². The Morgan fingerprint density at radius 1 is 1.31 bits per heavy atom. The van der Waals surface area contributed by atoms with Crippen LogP contribution in [0.15, 0.2) is 23.9 Å². The Kier molecular flexibility index (Phi) is 9.00. The third kappa shape index (κ3) is 5.96. The fourth-order valence-corrected chi connectivity index (χ4v) is 2.43. The zero-order chi connectivity index (χ0) is 19.5. The lowest BCUT2D eigenvalue weighted by molar-refractivity contribution is 0.0946. The maximum absolute atomic E-state index is 12.4. The highest BCUT2D eigenvalue weighted by atomic mass is 35.5. The predicted octanol–water partition coefficient (Wildman–Crippen LogP) is 2.76. The molecule has 1 rings (SSSR count). The summed E-state index contributed by atoms with van der Waals surface area (Å²) in [5.74, 6) is 0.0499. The summed E-state index contributed by atoms with van der Waals surface area (Å²) in [7, 11) is 1.45. The quantitative estimate of drug-likeness (QED) is 0.643. The number of benzene rings is 1. The zero-order valence-corrected chi connectivity index (χ0v) is 15.9. The largest absolute Gasteiger partial charge is 0.496 e. The molecule has 0 fully saturated rings. The summed E-state index contributed by atoms with van der Waals surface area (Å²) < 4.78 is 5.27. The standard InChI is InChI=1S/C18H22ClN5O2/c1-4-24(5-2)7-6-22-18(25)14-8-15(19)16(9-17(14)26-3)23-12-13(10-20)11-21/h8-9,12,23H,4-7H2,1-3H3,(H,22,25). The van der Waals surface area contributed by atoms with Crippen molar-refractivity contribution >= 4 is 23.2 Å². The van der Waals surface area contributed by atoms with Crippen LogP contribution in [-0.4, -0.2) is 44.1 Å². The number of carbonyl (C=O) groups excluding carboxylic acids is 1. The Hall–Kier alpha value is -2.74. The lowest BCUT2D eigenvalue weighted by atomic mass is 10.1. The van der Waals surface area contributed by atoms with E-state index in [-0.39, 0.29) is 16.5 Å². The molecule has 0 atom stereocenters. The summed E-state index contributed by atoms with van der Waals surface area (Å²) in [6, 6.07) is 6.51. The van der Waals surface area contributed by atoms with E-state index in [9.17, 15) is 4.79 Å². The molecular formula is C18H22ClN5O2. The Balaban J connectivity index is 2.92. The summed E-state index contributed by atoms with van der Waals surface area (Å²) in [6.45, 7) is 7.24. The van der Waals surface area contributed by atoms with E-state index in [0.717, 1.165) is 19.6 Å². The number of carbonyl (C=O) groups is 1. The Labute approximate surface area is 158 Å². The van der Waals surface area contributed by atoms with Crippen LogP contribution in [0.3, 0.4) is 0 Å². The molecule has 138 valence electrons. The molecule has 0 saturated carbocycles.